The molecule has 0 unspecified atom stereocenters. The van der Waals surface area contributed by atoms with Crippen LogP contribution in [0.15, 0.2) is 24.4 Å². The van der Waals surface area contributed by atoms with Crippen molar-refractivity contribution in [1.82, 2.24) is 15.2 Å². The van der Waals surface area contributed by atoms with Crippen molar-refractivity contribution in [2.24, 2.45) is 0 Å². The molecule has 0 radical (unpaired) electrons. The highest BCUT2D eigenvalue weighted by molar-refractivity contribution is 7.15. The smallest absolute Gasteiger partial charge is 0.292 e. The number of hydrogen-bond donors (Lipinski definition) is 2. The third-order valence-corrected chi connectivity index (χ3v) is 3.90. The van der Waals surface area contributed by atoms with Crippen molar-refractivity contribution < 1.29 is 4.79 Å². The summed E-state index contributed by atoms with van der Waals surface area (Å²) in [5.41, 5.74) is 0. The van der Waals surface area contributed by atoms with E-state index in [2.05, 4.69) is 39.7 Å². The second-order valence-electron chi connectivity index (χ2n) is 4.25. The summed E-state index contributed by atoms with van der Waals surface area (Å²) in [6.07, 6.45) is 3.66. The lowest BCUT2D eigenvalue weighted by molar-refractivity contribution is 0.262. The number of urea groups is 1. The molecule has 6 nitrogen and oxygen atoms in total. The van der Waals surface area contributed by atoms with Crippen molar-refractivity contribution in [3.8, 4) is 0 Å². The lowest BCUT2D eigenvalue weighted by Gasteiger charge is -2.06. The van der Waals surface area contributed by atoms with E-state index in [9.17, 15) is 4.79 Å². The van der Waals surface area contributed by atoms with Crippen LogP contribution < -0.4 is 10.6 Å². The normalized spacial score (nSPS) is 10.6. The van der Waals surface area contributed by atoms with E-state index >= 15 is 0 Å². The summed E-state index contributed by atoms with van der Waals surface area (Å²) < 4.78 is 0. The van der Waals surface area contributed by atoms with Gasteiger partial charge in [0, 0.05) is 12.1 Å². The molecule has 0 aromatic carbocycles. The van der Waals surface area contributed by atoms with E-state index in [4.69, 9.17) is 0 Å². The predicted octanol–water partition coefficient (Wildman–Crippen LogP) is 3.48. The van der Waals surface area contributed by atoms with Crippen molar-refractivity contribution in [1.29, 1.82) is 0 Å². The van der Waals surface area contributed by atoms with Crippen molar-refractivity contribution in [2.75, 3.05) is 10.6 Å². The van der Waals surface area contributed by atoms with Gasteiger partial charge in [0.2, 0.25) is 5.13 Å². The van der Waals surface area contributed by atoms with E-state index in [1.165, 1.54) is 11.3 Å². The molecule has 0 aliphatic heterocycles. The zero-order valence-electron chi connectivity index (χ0n) is 11.5. The fourth-order valence-electron chi connectivity index (χ4n) is 1.77. The van der Waals surface area contributed by atoms with Gasteiger partial charge >= 0.3 is 6.03 Å². The van der Waals surface area contributed by atoms with Crippen molar-refractivity contribution >= 4 is 28.3 Å². The molecule has 0 saturated carbocycles. The molecule has 2 N–H and O–H groups in total. The molecule has 2 aromatic rings. The van der Waals surface area contributed by atoms with Crippen LogP contribution in [0, 0.1) is 0 Å². The molecule has 7 heteroatoms. The van der Waals surface area contributed by atoms with E-state index in [0.29, 0.717) is 16.9 Å². The maximum absolute atomic E-state index is 11.8. The number of hydrogen-bond acceptors (Lipinski definition) is 5. The summed E-state index contributed by atoms with van der Waals surface area (Å²) in [6, 6.07) is 4.94. The Morgan fingerprint density at radius 3 is 2.70 bits per heavy atom. The lowest BCUT2D eigenvalue weighted by Crippen LogP contribution is -2.19. The molecular formula is C13H17N5OS. The lowest BCUT2D eigenvalue weighted by atomic mass is 10.1. The molecule has 0 aliphatic carbocycles. The van der Waals surface area contributed by atoms with E-state index in [-0.39, 0.29) is 6.03 Å². The monoisotopic (exact) mass is 291 g/mol. The Balaban J connectivity index is 1.95. The van der Waals surface area contributed by atoms with E-state index in [1.54, 1.807) is 24.4 Å². The summed E-state index contributed by atoms with van der Waals surface area (Å²) >= 11 is 1.41. The van der Waals surface area contributed by atoms with Gasteiger partial charge in [-0.25, -0.2) is 9.78 Å². The Morgan fingerprint density at radius 1 is 1.25 bits per heavy atom. The molecule has 20 heavy (non-hydrogen) atoms. The van der Waals surface area contributed by atoms with Crippen LogP contribution in [0.25, 0.3) is 0 Å². The number of anilines is 2. The molecule has 0 bridgehead atoms. The zero-order valence-corrected chi connectivity index (χ0v) is 12.3. The number of amides is 2. The summed E-state index contributed by atoms with van der Waals surface area (Å²) in [7, 11) is 0. The van der Waals surface area contributed by atoms with Gasteiger partial charge in [-0.1, -0.05) is 31.3 Å². The highest BCUT2D eigenvalue weighted by Gasteiger charge is 2.14. The van der Waals surface area contributed by atoms with E-state index in [1.807, 2.05) is 0 Å². The summed E-state index contributed by atoms with van der Waals surface area (Å²) in [5, 5.41) is 14.9. The first-order valence-corrected chi connectivity index (χ1v) is 7.37. The fourth-order valence-corrected chi connectivity index (χ4v) is 2.77. The Labute approximate surface area is 121 Å². The largest absolute Gasteiger partial charge is 0.326 e. The molecule has 2 rings (SSSR count). The number of rotatable bonds is 5. The zero-order chi connectivity index (χ0) is 14.4. The topological polar surface area (TPSA) is 79.8 Å². The van der Waals surface area contributed by atoms with Crippen LogP contribution in [0.3, 0.4) is 0 Å². The molecule has 0 atom stereocenters. The minimum absolute atomic E-state index is 0.365. The third-order valence-electron chi connectivity index (χ3n) is 2.90. The standard InChI is InChI=1S/C13H17N5OS/c1-3-9(4-2)11-17-18-13(20-11)16-12(19)15-10-7-5-6-8-14-10/h5-9H,3-4H2,1-2H3,(H2,14,15,16,18,19). The maximum atomic E-state index is 11.8. The Bertz CT molecular complexity index is 553. The highest BCUT2D eigenvalue weighted by Crippen LogP contribution is 2.27. The van der Waals surface area contributed by atoms with Gasteiger partial charge in [-0.05, 0) is 25.0 Å². The third kappa shape index (κ3) is 3.74. The summed E-state index contributed by atoms with van der Waals surface area (Å²) in [5.74, 6) is 0.900. The maximum Gasteiger partial charge on any atom is 0.326 e. The number of aromatic nitrogens is 3. The van der Waals surface area contributed by atoms with Gasteiger partial charge in [0.15, 0.2) is 0 Å². The van der Waals surface area contributed by atoms with Crippen molar-refractivity contribution in [2.45, 2.75) is 32.6 Å². The highest BCUT2D eigenvalue weighted by atomic mass is 32.1. The SMILES string of the molecule is CCC(CC)c1nnc(NC(=O)Nc2ccccn2)s1. The van der Waals surface area contributed by atoms with Gasteiger partial charge in [-0.2, -0.15) is 0 Å². The number of carbonyl (C=O) groups is 1. The molecule has 2 aromatic heterocycles. The minimum atomic E-state index is -0.365. The number of nitrogens with zero attached hydrogens (tertiary/aromatic N) is 3. The van der Waals surface area contributed by atoms with Gasteiger partial charge in [0.25, 0.3) is 0 Å². The number of pyridine rings is 1. The Kier molecular flexibility index (Phi) is 5.00. The predicted molar refractivity (Wildman–Crippen MR) is 80.1 cm³/mol. The van der Waals surface area contributed by atoms with Crippen LogP contribution in [-0.4, -0.2) is 21.2 Å². The quantitative estimate of drug-likeness (QED) is 0.883. The average molecular weight is 291 g/mol. The van der Waals surface area contributed by atoms with Crippen LogP contribution in [0.4, 0.5) is 15.7 Å². The van der Waals surface area contributed by atoms with Gasteiger partial charge < -0.3 is 0 Å². The molecule has 0 saturated heterocycles. The first-order chi connectivity index (χ1) is 9.72. The van der Waals surface area contributed by atoms with Crippen LogP contribution in [0.2, 0.25) is 0 Å². The average Bonchev–Trinajstić information content (AvgIpc) is 2.89. The van der Waals surface area contributed by atoms with Gasteiger partial charge in [0.1, 0.15) is 10.8 Å². The Morgan fingerprint density at radius 2 is 2.05 bits per heavy atom. The van der Waals surface area contributed by atoms with E-state index < -0.39 is 0 Å². The number of carbonyl (C=O) groups excluding carboxylic acids is 1. The first kappa shape index (κ1) is 14.4. The van der Waals surface area contributed by atoms with Gasteiger partial charge in [0.05, 0.1) is 0 Å². The molecule has 0 aliphatic rings. The van der Waals surface area contributed by atoms with Gasteiger partial charge in [-0.3, -0.25) is 10.6 Å². The second kappa shape index (κ2) is 6.95. The van der Waals surface area contributed by atoms with Crippen LogP contribution in [0.1, 0.15) is 37.6 Å². The summed E-state index contributed by atoms with van der Waals surface area (Å²) in [6.45, 7) is 4.24. The molecule has 106 valence electrons. The van der Waals surface area contributed by atoms with Crippen molar-refractivity contribution in [3.63, 3.8) is 0 Å². The van der Waals surface area contributed by atoms with Gasteiger partial charge in [-0.15, -0.1) is 10.2 Å². The molecule has 0 spiro atoms. The fraction of sp³-hybridized carbons (Fsp3) is 0.385. The molecule has 0 fully saturated rings. The second-order valence-corrected chi connectivity index (χ2v) is 5.26. The van der Waals surface area contributed by atoms with Crippen molar-refractivity contribution in [3.05, 3.63) is 29.4 Å². The van der Waals surface area contributed by atoms with Crippen LogP contribution in [0.5, 0.6) is 0 Å². The van der Waals surface area contributed by atoms with E-state index in [0.717, 1.165) is 17.8 Å². The first-order valence-electron chi connectivity index (χ1n) is 6.55. The summed E-state index contributed by atoms with van der Waals surface area (Å²) in [4.78, 5) is 15.8. The van der Waals surface area contributed by atoms with Crippen LogP contribution >= 0.6 is 11.3 Å². The Hall–Kier alpha value is -2.02. The molecule has 2 amide bonds. The van der Waals surface area contributed by atoms with Crippen LogP contribution in [-0.2, 0) is 0 Å². The molecule has 2 heterocycles. The molecular weight excluding hydrogens is 274 g/mol. The minimum Gasteiger partial charge on any atom is -0.292 e. The number of nitrogens with one attached hydrogen (secondary N) is 2.